The second-order valence-electron chi connectivity index (χ2n) is 9.62. The van der Waals surface area contributed by atoms with Crippen LogP contribution in [0.5, 0.6) is 5.75 Å². The first kappa shape index (κ1) is 27.0. The number of thiazole rings is 1. The highest BCUT2D eigenvalue weighted by Crippen LogP contribution is 2.36. The fraction of sp³-hybridized carbons (Fsp3) is 0.414. The number of furan rings is 1. The summed E-state index contributed by atoms with van der Waals surface area (Å²) in [4.78, 5) is 37.1. The van der Waals surface area contributed by atoms with E-state index in [0.29, 0.717) is 44.1 Å². The molecule has 3 aromatic rings. The lowest BCUT2D eigenvalue weighted by Crippen LogP contribution is -2.44. The standard InChI is InChI=1S/C29H34N4O5S/c1-5-9-21-25(28(35)37-6-2)26(20-10-7-8-11-22(20)36-4)33-27(34)23(39-29(33)30-21)18-19-12-13-24(38-19)32-16-14-31(3)15-17-32/h7-8,10-13,18,26H,5-6,9,14-17H2,1-4H3/b23-18+/t26-/m1/s1. The van der Waals surface area contributed by atoms with Crippen LogP contribution in [0.1, 0.15) is 44.1 Å². The molecular formula is C29H34N4O5S. The zero-order valence-corrected chi connectivity index (χ0v) is 23.6. The summed E-state index contributed by atoms with van der Waals surface area (Å²) in [6.45, 7) is 7.75. The molecule has 2 aliphatic rings. The Balaban J connectivity index is 1.64. The Morgan fingerprint density at radius 3 is 2.64 bits per heavy atom. The van der Waals surface area contributed by atoms with Gasteiger partial charge in [0.25, 0.3) is 5.56 Å². The van der Waals surface area contributed by atoms with E-state index in [0.717, 1.165) is 38.5 Å². The predicted octanol–water partition coefficient (Wildman–Crippen LogP) is 2.93. The minimum Gasteiger partial charge on any atom is -0.496 e. The molecule has 5 rings (SSSR count). The molecule has 10 heteroatoms. The first-order valence-corrected chi connectivity index (χ1v) is 14.1. The summed E-state index contributed by atoms with van der Waals surface area (Å²) in [5, 5.41) is 0. The predicted molar refractivity (Wildman–Crippen MR) is 151 cm³/mol. The van der Waals surface area contributed by atoms with E-state index < -0.39 is 12.0 Å². The van der Waals surface area contributed by atoms with Gasteiger partial charge in [-0.25, -0.2) is 9.79 Å². The number of benzene rings is 1. The van der Waals surface area contributed by atoms with Crippen LogP contribution in [0.2, 0.25) is 0 Å². The van der Waals surface area contributed by atoms with Crippen LogP contribution in [0.15, 0.2) is 61.9 Å². The highest BCUT2D eigenvalue weighted by atomic mass is 32.1. The first-order chi connectivity index (χ1) is 18.9. The number of hydrogen-bond donors (Lipinski definition) is 0. The van der Waals surface area contributed by atoms with Crippen LogP contribution in [0.3, 0.4) is 0 Å². The number of nitrogens with zero attached hydrogens (tertiary/aromatic N) is 4. The monoisotopic (exact) mass is 550 g/mol. The Labute approximate surface area is 231 Å². The quantitative estimate of drug-likeness (QED) is 0.399. The maximum absolute atomic E-state index is 13.9. The molecule has 2 aromatic heterocycles. The highest BCUT2D eigenvalue weighted by Gasteiger charge is 2.35. The van der Waals surface area contributed by atoms with Crippen LogP contribution in [-0.2, 0) is 9.53 Å². The van der Waals surface area contributed by atoms with E-state index in [-0.39, 0.29) is 12.2 Å². The minimum absolute atomic E-state index is 0.221. The summed E-state index contributed by atoms with van der Waals surface area (Å²) in [7, 11) is 3.69. The van der Waals surface area contributed by atoms with E-state index in [1.165, 1.54) is 11.3 Å². The third-order valence-electron chi connectivity index (χ3n) is 7.03. The van der Waals surface area contributed by atoms with Gasteiger partial charge in [0.15, 0.2) is 10.7 Å². The molecule has 1 atom stereocenters. The molecule has 1 saturated heterocycles. The van der Waals surface area contributed by atoms with Gasteiger partial charge >= 0.3 is 5.97 Å². The number of rotatable bonds is 8. The van der Waals surface area contributed by atoms with Crippen molar-refractivity contribution in [3.63, 3.8) is 0 Å². The minimum atomic E-state index is -0.724. The molecule has 0 N–H and O–H groups in total. The molecule has 1 fully saturated rings. The lowest BCUT2D eigenvalue weighted by Gasteiger charge is -2.32. The van der Waals surface area contributed by atoms with Gasteiger partial charge in [-0.2, -0.15) is 0 Å². The Bertz CT molecular complexity index is 1560. The summed E-state index contributed by atoms with van der Waals surface area (Å²) < 4.78 is 19.3. The third-order valence-corrected chi connectivity index (χ3v) is 8.01. The molecule has 0 amide bonds. The fourth-order valence-electron chi connectivity index (χ4n) is 5.05. The molecule has 1 aromatic carbocycles. The van der Waals surface area contributed by atoms with Gasteiger partial charge in [-0.15, -0.1) is 0 Å². The Morgan fingerprint density at radius 2 is 1.92 bits per heavy atom. The highest BCUT2D eigenvalue weighted by molar-refractivity contribution is 7.07. The van der Waals surface area contributed by atoms with Crippen molar-refractivity contribution in [2.45, 2.75) is 32.7 Å². The number of aromatic nitrogens is 1. The zero-order valence-electron chi connectivity index (χ0n) is 22.8. The summed E-state index contributed by atoms with van der Waals surface area (Å²) in [6.07, 6.45) is 3.13. The van der Waals surface area contributed by atoms with E-state index in [1.807, 2.05) is 43.3 Å². The van der Waals surface area contributed by atoms with Crippen LogP contribution in [0.4, 0.5) is 5.88 Å². The maximum atomic E-state index is 13.9. The third kappa shape index (κ3) is 5.31. The summed E-state index contributed by atoms with van der Waals surface area (Å²) >= 11 is 1.29. The molecule has 0 unspecified atom stereocenters. The van der Waals surface area contributed by atoms with Crippen LogP contribution in [-0.4, -0.2) is 62.4 Å². The van der Waals surface area contributed by atoms with Crippen molar-refractivity contribution in [2.75, 3.05) is 51.8 Å². The molecule has 0 saturated carbocycles. The van der Waals surface area contributed by atoms with Crippen molar-refractivity contribution in [2.24, 2.45) is 4.99 Å². The smallest absolute Gasteiger partial charge is 0.338 e. The van der Waals surface area contributed by atoms with Gasteiger partial charge < -0.3 is 23.7 Å². The fourth-order valence-corrected chi connectivity index (χ4v) is 6.05. The SMILES string of the molecule is CCCC1=C(C(=O)OCC)[C@@H](c2ccccc2OC)n2c(s/c(=C/c3ccc(N4CCN(C)CC4)o3)c2=O)=N1. The van der Waals surface area contributed by atoms with Crippen molar-refractivity contribution in [1.82, 2.24) is 9.47 Å². The molecule has 2 aliphatic heterocycles. The molecule has 0 bridgehead atoms. The normalized spacial score (nSPS) is 18.2. The van der Waals surface area contributed by atoms with Crippen LogP contribution < -0.4 is 24.5 Å². The number of ether oxygens (including phenoxy) is 2. The van der Waals surface area contributed by atoms with E-state index in [1.54, 1.807) is 24.7 Å². The van der Waals surface area contributed by atoms with Crippen molar-refractivity contribution < 1.29 is 18.7 Å². The van der Waals surface area contributed by atoms with Crippen LogP contribution in [0, 0.1) is 0 Å². The maximum Gasteiger partial charge on any atom is 0.338 e. The zero-order chi connectivity index (χ0) is 27.5. The number of methoxy groups -OCH3 is 1. The molecule has 4 heterocycles. The van der Waals surface area contributed by atoms with E-state index in [9.17, 15) is 9.59 Å². The van der Waals surface area contributed by atoms with Gasteiger partial charge in [-0.1, -0.05) is 42.9 Å². The largest absolute Gasteiger partial charge is 0.496 e. The number of para-hydroxylation sites is 1. The average molecular weight is 551 g/mol. The lowest BCUT2D eigenvalue weighted by atomic mass is 9.93. The number of carbonyl (C=O) groups is 1. The van der Waals surface area contributed by atoms with Crippen molar-refractivity contribution in [3.05, 3.63) is 78.7 Å². The van der Waals surface area contributed by atoms with Crippen molar-refractivity contribution >= 4 is 29.3 Å². The number of allylic oxidation sites excluding steroid dienone is 1. The van der Waals surface area contributed by atoms with E-state index in [4.69, 9.17) is 18.9 Å². The topological polar surface area (TPSA) is 89.5 Å². The second-order valence-corrected chi connectivity index (χ2v) is 10.6. The Hall–Kier alpha value is -3.63. The van der Waals surface area contributed by atoms with Crippen molar-refractivity contribution in [3.8, 4) is 5.75 Å². The van der Waals surface area contributed by atoms with Crippen LogP contribution in [0.25, 0.3) is 6.08 Å². The second kappa shape index (κ2) is 11.6. The first-order valence-electron chi connectivity index (χ1n) is 13.3. The van der Waals surface area contributed by atoms with Gasteiger partial charge in [-0.3, -0.25) is 9.36 Å². The average Bonchev–Trinajstić information content (AvgIpc) is 3.53. The van der Waals surface area contributed by atoms with Crippen LogP contribution >= 0.6 is 11.3 Å². The summed E-state index contributed by atoms with van der Waals surface area (Å²) in [5.41, 5.74) is 1.46. The number of esters is 1. The summed E-state index contributed by atoms with van der Waals surface area (Å²) in [5.74, 6) is 1.50. The molecule has 39 heavy (non-hydrogen) atoms. The number of hydrogen-bond acceptors (Lipinski definition) is 9. The number of anilines is 1. The van der Waals surface area contributed by atoms with Gasteiger partial charge in [0.1, 0.15) is 17.6 Å². The molecule has 0 aliphatic carbocycles. The van der Waals surface area contributed by atoms with Gasteiger partial charge in [0.05, 0.1) is 29.5 Å². The lowest BCUT2D eigenvalue weighted by molar-refractivity contribution is -0.139. The Morgan fingerprint density at radius 1 is 1.15 bits per heavy atom. The number of piperazine rings is 1. The van der Waals surface area contributed by atoms with E-state index in [2.05, 4.69) is 16.8 Å². The van der Waals surface area contributed by atoms with Gasteiger partial charge in [0.2, 0.25) is 0 Å². The molecule has 206 valence electrons. The number of carbonyl (C=O) groups excluding carboxylic acids is 1. The van der Waals surface area contributed by atoms with Gasteiger partial charge in [-0.05, 0) is 32.5 Å². The molecule has 9 nitrogen and oxygen atoms in total. The number of fused-ring (bicyclic) bond motifs is 1. The number of likely N-dealkylation sites (N-methyl/N-ethyl adjacent to an activating group) is 1. The molecule has 0 radical (unpaired) electrons. The van der Waals surface area contributed by atoms with E-state index >= 15 is 0 Å². The van der Waals surface area contributed by atoms with Gasteiger partial charge in [0, 0.05) is 43.9 Å². The van der Waals surface area contributed by atoms with Crippen molar-refractivity contribution in [1.29, 1.82) is 0 Å². The summed E-state index contributed by atoms with van der Waals surface area (Å²) in [6, 6.07) is 10.6. The molecular weight excluding hydrogens is 516 g/mol. The Kier molecular flexibility index (Phi) is 8.04. The molecule has 0 spiro atoms.